The van der Waals surface area contributed by atoms with E-state index in [-0.39, 0.29) is 6.04 Å². The average molecular weight is 247 g/mol. The van der Waals surface area contributed by atoms with Crippen molar-refractivity contribution in [2.75, 3.05) is 5.32 Å². The highest BCUT2D eigenvalue weighted by Crippen LogP contribution is 2.36. The molecule has 0 fully saturated rings. The molecule has 0 saturated carbocycles. The van der Waals surface area contributed by atoms with Crippen LogP contribution in [-0.2, 0) is 0 Å². The number of hydrogen-bond acceptors (Lipinski definition) is 2. The van der Waals surface area contributed by atoms with Crippen LogP contribution in [0.3, 0.4) is 0 Å². The summed E-state index contributed by atoms with van der Waals surface area (Å²) in [6.07, 6.45) is 2.00. The van der Waals surface area contributed by atoms with E-state index in [1.54, 1.807) is 0 Å². The van der Waals surface area contributed by atoms with Crippen molar-refractivity contribution in [3.05, 3.63) is 65.9 Å². The summed E-state index contributed by atoms with van der Waals surface area (Å²) in [5, 5.41) is 13.0. The first kappa shape index (κ1) is 10.4. The molecule has 1 aliphatic heterocycles. The summed E-state index contributed by atoms with van der Waals surface area (Å²) in [5.41, 5.74) is 4.93. The van der Waals surface area contributed by atoms with Crippen LogP contribution in [0.25, 0.3) is 10.9 Å². The van der Waals surface area contributed by atoms with Gasteiger partial charge in [-0.2, -0.15) is 0 Å². The van der Waals surface area contributed by atoms with Crippen LogP contribution in [0, 0.1) is 5.41 Å². The lowest BCUT2D eigenvalue weighted by molar-refractivity contribution is 1.07. The molecule has 3 nitrogen and oxygen atoms in total. The maximum absolute atomic E-state index is 8.36. The topological polar surface area (TPSA) is 51.7 Å². The van der Waals surface area contributed by atoms with Crippen molar-refractivity contribution >= 4 is 22.3 Å². The molecular weight excluding hydrogens is 234 g/mol. The van der Waals surface area contributed by atoms with Crippen LogP contribution in [0.1, 0.15) is 17.2 Å². The first-order valence-electron chi connectivity index (χ1n) is 6.35. The van der Waals surface area contributed by atoms with E-state index in [9.17, 15) is 0 Å². The molecule has 0 radical (unpaired) electrons. The largest absolute Gasteiger partial charge is 0.372 e. The van der Waals surface area contributed by atoms with Gasteiger partial charge in [0.25, 0.3) is 0 Å². The van der Waals surface area contributed by atoms with Crippen LogP contribution in [0.5, 0.6) is 0 Å². The number of nitrogens with one attached hydrogen (secondary N) is 3. The number of anilines is 1. The SMILES string of the molecule is N=C1c2ccccc2NC1c1c[nH]c2ccccc12. The highest BCUT2D eigenvalue weighted by atomic mass is 15.0. The lowest BCUT2D eigenvalue weighted by atomic mass is 10.0. The summed E-state index contributed by atoms with van der Waals surface area (Å²) in [6, 6.07) is 16.1. The van der Waals surface area contributed by atoms with E-state index in [0.717, 1.165) is 22.3 Å². The van der Waals surface area contributed by atoms with Crippen molar-refractivity contribution in [2.24, 2.45) is 0 Å². The third-order valence-electron chi connectivity index (χ3n) is 3.74. The van der Waals surface area contributed by atoms with Gasteiger partial charge in [0.1, 0.15) is 0 Å². The number of fused-ring (bicyclic) bond motifs is 2. The van der Waals surface area contributed by atoms with E-state index >= 15 is 0 Å². The first-order valence-corrected chi connectivity index (χ1v) is 6.35. The van der Waals surface area contributed by atoms with Gasteiger partial charge in [0, 0.05) is 33.9 Å². The molecule has 92 valence electrons. The fraction of sp³-hybridized carbons (Fsp3) is 0.0625. The summed E-state index contributed by atoms with van der Waals surface area (Å²) in [4.78, 5) is 3.28. The van der Waals surface area contributed by atoms with Gasteiger partial charge in [0.15, 0.2) is 0 Å². The Morgan fingerprint density at radius 3 is 2.63 bits per heavy atom. The Morgan fingerprint density at radius 2 is 1.74 bits per heavy atom. The molecule has 1 aromatic heterocycles. The van der Waals surface area contributed by atoms with Crippen molar-refractivity contribution < 1.29 is 0 Å². The predicted octanol–water partition coefficient (Wildman–Crippen LogP) is 3.70. The molecule has 1 unspecified atom stereocenters. The highest BCUT2D eigenvalue weighted by Gasteiger charge is 2.29. The van der Waals surface area contributed by atoms with Crippen molar-refractivity contribution in [3.8, 4) is 0 Å². The molecule has 0 bridgehead atoms. The van der Waals surface area contributed by atoms with Crippen molar-refractivity contribution in [2.45, 2.75) is 6.04 Å². The Hall–Kier alpha value is -2.55. The van der Waals surface area contributed by atoms with E-state index in [1.807, 2.05) is 42.6 Å². The Bertz CT molecular complexity index is 785. The second-order valence-electron chi connectivity index (χ2n) is 4.83. The molecule has 3 heteroatoms. The number of benzene rings is 2. The van der Waals surface area contributed by atoms with Crippen LogP contribution < -0.4 is 5.32 Å². The minimum atomic E-state index is -0.0615. The molecule has 4 rings (SSSR count). The third kappa shape index (κ3) is 1.41. The summed E-state index contributed by atoms with van der Waals surface area (Å²) >= 11 is 0. The molecule has 0 spiro atoms. The number of rotatable bonds is 1. The molecule has 1 atom stereocenters. The number of aromatic nitrogens is 1. The van der Waals surface area contributed by atoms with Crippen molar-refractivity contribution in [1.29, 1.82) is 5.41 Å². The zero-order valence-corrected chi connectivity index (χ0v) is 10.3. The fourth-order valence-corrected chi connectivity index (χ4v) is 2.79. The fourth-order valence-electron chi connectivity index (χ4n) is 2.79. The minimum Gasteiger partial charge on any atom is -0.372 e. The van der Waals surface area contributed by atoms with Gasteiger partial charge in [-0.3, -0.25) is 0 Å². The Balaban J connectivity index is 1.85. The van der Waals surface area contributed by atoms with E-state index in [2.05, 4.69) is 22.4 Å². The highest BCUT2D eigenvalue weighted by molar-refractivity contribution is 6.13. The van der Waals surface area contributed by atoms with E-state index in [0.29, 0.717) is 5.71 Å². The van der Waals surface area contributed by atoms with E-state index in [4.69, 9.17) is 5.41 Å². The molecule has 1 aliphatic rings. The van der Waals surface area contributed by atoms with Crippen molar-refractivity contribution in [3.63, 3.8) is 0 Å². The second-order valence-corrected chi connectivity index (χ2v) is 4.83. The van der Waals surface area contributed by atoms with Gasteiger partial charge in [0.2, 0.25) is 0 Å². The van der Waals surface area contributed by atoms with E-state index < -0.39 is 0 Å². The number of aromatic amines is 1. The summed E-state index contributed by atoms with van der Waals surface area (Å²) in [7, 11) is 0. The summed E-state index contributed by atoms with van der Waals surface area (Å²) in [6.45, 7) is 0. The molecule has 2 aromatic carbocycles. The number of H-pyrrole nitrogens is 1. The van der Waals surface area contributed by atoms with Gasteiger partial charge >= 0.3 is 0 Å². The predicted molar refractivity (Wildman–Crippen MR) is 77.9 cm³/mol. The summed E-state index contributed by atoms with van der Waals surface area (Å²) in [5.74, 6) is 0. The Kier molecular flexibility index (Phi) is 2.03. The Morgan fingerprint density at radius 1 is 0.947 bits per heavy atom. The normalized spacial score (nSPS) is 17.5. The van der Waals surface area contributed by atoms with Gasteiger partial charge in [-0.05, 0) is 12.1 Å². The Labute approximate surface area is 110 Å². The standard InChI is InChI=1S/C16H13N3/c17-15-11-6-2-4-8-14(11)19-16(15)12-9-18-13-7-3-1-5-10(12)13/h1-9,16-19H. The first-order chi connectivity index (χ1) is 9.34. The number of hydrogen-bond donors (Lipinski definition) is 3. The van der Waals surface area contributed by atoms with Crippen LogP contribution >= 0.6 is 0 Å². The monoisotopic (exact) mass is 247 g/mol. The zero-order valence-electron chi connectivity index (χ0n) is 10.3. The van der Waals surface area contributed by atoms with Gasteiger partial charge in [0.05, 0.1) is 11.8 Å². The lowest BCUT2D eigenvalue weighted by Gasteiger charge is -2.10. The van der Waals surface area contributed by atoms with Gasteiger partial charge in [-0.25, -0.2) is 0 Å². The molecule has 0 amide bonds. The van der Waals surface area contributed by atoms with Crippen molar-refractivity contribution in [1.82, 2.24) is 4.98 Å². The van der Waals surface area contributed by atoms with Crippen LogP contribution in [0.2, 0.25) is 0 Å². The maximum atomic E-state index is 8.36. The van der Waals surface area contributed by atoms with Crippen LogP contribution in [-0.4, -0.2) is 10.7 Å². The molecule has 0 saturated heterocycles. The molecule has 3 aromatic rings. The molecule has 3 N–H and O–H groups in total. The molecular formula is C16H13N3. The van der Waals surface area contributed by atoms with Gasteiger partial charge in [-0.15, -0.1) is 0 Å². The quantitative estimate of drug-likeness (QED) is 0.603. The molecule has 0 aliphatic carbocycles. The smallest absolute Gasteiger partial charge is 0.0960 e. The van der Waals surface area contributed by atoms with Gasteiger partial charge < -0.3 is 15.7 Å². The van der Waals surface area contributed by atoms with Gasteiger partial charge in [-0.1, -0.05) is 36.4 Å². The second kappa shape index (κ2) is 3.72. The summed E-state index contributed by atoms with van der Waals surface area (Å²) < 4.78 is 0. The lowest BCUT2D eigenvalue weighted by Crippen LogP contribution is -2.12. The van der Waals surface area contributed by atoms with Crippen LogP contribution in [0.4, 0.5) is 5.69 Å². The molecule has 2 heterocycles. The average Bonchev–Trinajstić information content (AvgIpc) is 3.01. The molecule has 19 heavy (non-hydrogen) atoms. The number of para-hydroxylation sites is 2. The zero-order chi connectivity index (χ0) is 12.8. The van der Waals surface area contributed by atoms with Crippen LogP contribution in [0.15, 0.2) is 54.7 Å². The van der Waals surface area contributed by atoms with E-state index in [1.165, 1.54) is 5.39 Å². The maximum Gasteiger partial charge on any atom is 0.0960 e. The third-order valence-corrected chi connectivity index (χ3v) is 3.74. The minimum absolute atomic E-state index is 0.0615.